The lowest BCUT2D eigenvalue weighted by atomic mass is 10.1. The maximum absolute atomic E-state index is 12.1. The molecule has 0 unspecified atom stereocenters. The zero-order valence-electron chi connectivity index (χ0n) is 9.42. The number of hydrogen-bond acceptors (Lipinski definition) is 5. The number of rotatable bonds is 2. The summed E-state index contributed by atoms with van der Waals surface area (Å²) in [6.45, 7) is 2.37. The summed E-state index contributed by atoms with van der Waals surface area (Å²) in [6.07, 6.45) is 2.24. The molecule has 7 nitrogen and oxygen atoms in total. The fraction of sp³-hybridized carbons (Fsp3) is 0.556. The Morgan fingerprint density at radius 3 is 2.59 bits per heavy atom. The molecule has 0 radical (unpaired) electrons. The molecule has 1 aromatic heterocycles. The molecule has 0 amide bonds. The Morgan fingerprint density at radius 2 is 2.12 bits per heavy atom. The van der Waals surface area contributed by atoms with Gasteiger partial charge in [0, 0.05) is 25.9 Å². The van der Waals surface area contributed by atoms with Crippen molar-refractivity contribution in [1.82, 2.24) is 14.3 Å². The number of piperidine rings is 1. The van der Waals surface area contributed by atoms with Gasteiger partial charge in [-0.3, -0.25) is 0 Å². The van der Waals surface area contributed by atoms with Crippen molar-refractivity contribution in [1.29, 1.82) is 0 Å². The molecule has 2 rings (SSSR count). The van der Waals surface area contributed by atoms with Gasteiger partial charge in [0.2, 0.25) is 0 Å². The standard InChI is InChI=1S/C9H14N4O3S/c1-7-10-6-9(11-7)17(15,16)13-4-2-8(12-14)3-5-13/h6,14H,2-5H2,1H3,(H,10,11). The lowest BCUT2D eigenvalue weighted by Crippen LogP contribution is -2.38. The highest BCUT2D eigenvalue weighted by Crippen LogP contribution is 2.18. The van der Waals surface area contributed by atoms with Crippen molar-refractivity contribution in [2.75, 3.05) is 13.1 Å². The number of imidazole rings is 1. The Balaban J connectivity index is 2.18. The second-order valence-corrected chi connectivity index (χ2v) is 5.81. The van der Waals surface area contributed by atoms with Gasteiger partial charge < -0.3 is 10.2 Å². The Bertz CT molecular complexity index is 524. The number of oxime groups is 1. The molecular weight excluding hydrogens is 244 g/mol. The second kappa shape index (κ2) is 4.46. The largest absolute Gasteiger partial charge is 0.411 e. The van der Waals surface area contributed by atoms with Crippen LogP contribution in [0.5, 0.6) is 0 Å². The van der Waals surface area contributed by atoms with Crippen LogP contribution in [0.15, 0.2) is 16.4 Å². The van der Waals surface area contributed by atoms with Crippen LogP contribution in [-0.2, 0) is 10.0 Å². The maximum Gasteiger partial charge on any atom is 0.260 e. The first-order valence-corrected chi connectivity index (χ1v) is 6.69. The van der Waals surface area contributed by atoms with E-state index in [9.17, 15) is 8.42 Å². The topological polar surface area (TPSA) is 98.7 Å². The number of nitrogens with one attached hydrogen (secondary N) is 1. The SMILES string of the molecule is Cc1ncc(S(=O)(=O)N2CCC(=NO)CC2)[nH]1. The lowest BCUT2D eigenvalue weighted by molar-refractivity contribution is 0.309. The fourth-order valence-corrected chi connectivity index (χ4v) is 3.16. The van der Waals surface area contributed by atoms with Crippen molar-refractivity contribution in [2.45, 2.75) is 24.8 Å². The minimum Gasteiger partial charge on any atom is -0.411 e. The highest BCUT2D eigenvalue weighted by molar-refractivity contribution is 7.89. The van der Waals surface area contributed by atoms with Crippen LogP contribution in [0.25, 0.3) is 0 Å². The molecule has 2 N–H and O–H groups in total. The fourth-order valence-electron chi connectivity index (χ4n) is 1.75. The first-order chi connectivity index (χ1) is 8.04. The average molecular weight is 258 g/mol. The van der Waals surface area contributed by atoms with Gasteiger partial charge in [-0.2, -0.15) is 4.31 Å². The molecule has 1 aliphatic heterocycles. The molecule has 1 saturated heterocycles. The lowest BCUT2D eigenvalue weighted by Gasteiger charge is -2.25. The van der Waals surface area contributed by atoms with Gasteiger partial charge in [-0.15, -0.1) is 0 Å². The van der Waals surface area contributed by atoms with Crippen molar-refractivity contribution in [2.24, 2.45) is 5.16 Å². The number of aromatic nitrogens is 2. The molecule has 1 fully saturated rings. The van der Waals surface area contributed by atoms with E-state index in [1.807, 2.05) is 0 Å². The smallest absolute Gasteiger partial charge is 0.260 e. The van der Waals surface area contributed by atoms with Gasteiger partial charge in [-0.25, -0.2) is 13.4 Å². The number of aryl methyl sites for hydroxylation is 1. The van der Waals surface area contributed by atoms with Crippen LogP contribution in [0, 0.1) is 6.92 Å². The van der Waals surface area contributed by atoms with Crippen LogP contribution in [0.4, 0.5) is 0 Å². The summed E-state index contributed by atoms with van der Waals surface area (Å²) in [4.78, 5) is 6.60. The summed E-state index contributed by atoms with van der Waals surface area (Å²) in [6, 6.07) is 0. The van der Waals surface area contributed by atoms with Gasteiger partial charge in [0.05, 0.1) is 11.9 Å². The third-order valence-electron chi connectivity index (χ3n) is 2.74. The van der Waals surface area contributed by atoms with Crippen LogP contribution in [0.2, 0.25) is 0 Å². The highest BCUT2D eigenvalue weighted by Gasteiger charge is 2.29. The molecule has 0 spiro atoms. The molecule has 0 saturated carbocycles. The molecule has 0 aliphatic carbocycles. The van der Waals surface area contributed by atoms with Gasteiger partial charge in [0.25, 0.3) is 10.0 Å². The summed E-state index contributed by atoms with van der Waals surface area (Å²) < 4.78 is 25.7. The van der Waals surface area contributed by atoms with Gasteiger partial charge in [0.1, 0.15) is 5.82 Å². The molecule has 0 atom stereocenters. The van der Waals surface area contributed by atoms with Gasteiger partial charge in [-0.05, 0) is 6.92 Å². The van der Waals surface area contributed by atoms with Gasteiger partial charge >= 0.3 is 0 Å². The summed E-state index contributed by atoms with van der Waals surface area (Å²) in [5, 5.41) is 11.8. The Labute approximate surface area is 99.2 Å². The molecule has 8 heteroatoms. The molecule has 94 valence electrons. The van der Waals surface area contributed by atoms with E-state index < -0.39 is 10.0 Å². The molecule has 1 aromatic rings. The summed E-state index contributed by atoms with van der Waals surface area (Å²) in [7, 11) is -3.49. The molecule has 17 heavy (non-hydrogen) atoms. The van der Waals surface area contributed by atoms with Crippen molar-refractivity contribution in [3.63, 3.8) is 0 Å². The van der Waals surface area contributed by atoms with E-state index in [0.717, 1.165) is 0 Å². The molecule has 1 aliphatic rings. The average Bonchev–Trinajstić information content (AvgIpc) is 2.77. The van der Waals surface area contributed by atoms with E-state index in [1.165, 1.54) is 10.5 Å². The zero-order valence-corrected chi connectivity index (χ0v) is 10.2. The predicted molar refractivity (Wildman–Crippen MR) is 60.5 cm³/mol. The zero-order chi connectivity index (χ0) is 12.5. The van der Waals surface area contributed by atoms with Crippen molar-refractivity contribution in [3.05, 3.63) is 12.0 Å². The second-order valence-electron chi connectivity index (χ2n) is 3.90. The Hall–Kier alpha value is -1.41. The predicted octanol–water partition coefficient (Wildman–Crippen LogP) is 0.333. The van der Waals surface area contributed by atoms with E-state index in [1.54, 1.807) is 6.92 Å². The number of aromatic amines is 1. The molecule has 0 aromatic carbocycles. The van der Waals surface area contributed by atoms with E-state index >= 15 is 0 Å². The van der Waals surface area contributed by atoms with Gasteiger partial charge in [-0.1, -0.05) is 5.16 Å². The maximum atomic E-state index is 12.1. The highest BCUT2D eigenvalue weighted by atomic mass is 32.2. The first kappa shape index (κ1) is 12.1. The normalized spacial score (nSPS) is 18.3. The van der Waals surface area contributed by atoms with Crippen molar-refractivity contribution >= 4 is 15.7 Å². The number of nitrogens with zero attached hydrogens (tertiary/aromatic N) is 3. The van der Waals surface area contributed by atoms with E-state index in [0.29, 0.717) is 37.5 Å². The van der Waals surface area contributed by atoms with Crippen molar-refractivity contribution < 1.29 is 13.6 Å². The van der Waals surface area contributed by atoms with Crippen LogP contribution in [0.1, 0.15) is 18.7 Å². The van der Waals surface area contributed by atoms with Crippen LogP contribution in [0.3, 0.4) is 0 Å². The monoisotopic (exact) mass is 258 g/mol. The van der Waals surface area contributed by atoms with E-state index in [-0.39, 0.29) is 5.03 Å². The Kier molecular flexibility index (Phi) is 3.16. The molecule has 0 bridgehead atoms. The third kappa shape index (κ3) is 2.32. The number of H-pyrrole nitrogens is 1. The summed E-state index contributed by atoms with van der Waals surface area (Å²) in [5.41, 5.74) is 0.636. The quantitative estimate of drug-likeness (QED) is 0.590. The van der Waals surface area contributed by atoms with Crippen LogP contribution >= 0.6 is 0 Å². The summed E-state index contributed by atoms with van der Waals surface area (Å²) in [5.74, 6) is 0.568. The van der Waals surface area contributed by atoms with E-state index in [4.69, 9.17) is 5.21 Å². The third-order valence-corrected chi connectivity index (χ3v) is 4.55. The minimum atomic E-state index is -3.49. The summed E-state index contributed by atoms with van der Waals surface area (Å²) >= 11 is 0. The first-order valence-electron chi connectivity index (χ1n) is 5.25. The van der Waals surface area contributed by atoms with Crippen LogP contribution in [-0.4, -0.2) is 46.7 Å². The number of sulfonamides is 1. The minimum absolute atomic E-state index is 0.111. The van der Waals surface area contributed by atoms with E-state index in [2.05, 4.69) is 15.1 Å². The molecule has 2 heterocycles. The molecular formula is C9H14N4O3S. The number of hydrogen-bond donors (Lipinski definition) is 2. The van der Waals surface area contributed by atoms with Crippen molar-refractivity contribution in [3.8, 4) is 0 Å². The van der Waals surface area contributed by atoms with Gasteiger partial charge in [0.15, 0.2) is 5.03 Å². The van der Waals surface area contributed by atoms with Crippen LogP contribution < -0.4 is 0 Å². The Morgan fingerprint density at radius 1 is 1.47 bits per heavy atom.